The van der Waals surface area contributed by atoms with Crippen LogP contribution in [0.1, 0.15) is 17.2 Å². The molecule has 0 amide bonds. The Hall–Kier alpha value is -1.87. The van der Waals surface area contributed by atoms with Crippen molar-refractivity contribution in [2.75, 3.05) is 13.6 Å². The second kappa shape index (κ2) is 4.78. The Kier molecular flexibility index (Phi) is 2.99. The maximum absolute atomic E-state index is 5.99. The summed E-state index contributed by atoms with van der Waals surface area (Å²) < 4.78 is 5.99. The Labute approximate surface area is 107 Å². The van der Waals surface area contributed by atoms with E-state index in [9.17, 15) is 0 Å². The summed E-state index contributed by atoms with van der Waals surface area (Å²) in [6.45, 7) is 0.904. The van der Waals surface area contributed by atoms with E-state index in [1.165, 1.54) is 5.56 Å². The van der Waals surface area contributed by atoms with Crippen molar-refractivity contribution in [3.05, 3.63) is 53.9 Å². The highest BCUT2D eigenvalue weighted by Crippen LogP contribution is 2.37. The van der Waals surface area contributed by atoms with Crippen molar-refractivity contribution >= 4 is 0 Å². The van der Waals surface area contributed by atoms with E-state index in [2.05, 4.69) is 22.4 Å². The van der Waals surface area contributed by atoms with Crippen LogP contribution in [0.15, 0.2) is 42.6 Å². The molecule has 3 rings (SSSR count). The number of pyridine rings is 1. The molecular formula is C15H16N2O. The van der Waals surface area contributed by atoms with Crippen LogP contribution in [0.3, 0.4) is 0 Å². The van der Waals surface area contributed by atoms with Gasteiger partial charge in [-0.3, -0.25) is 4.98 Å². The standard InChI is InChI=1S/C15H16N2O/c1-16-10-12-9-11-5-2-3-6-13(11)18-14-7-4-8-17-15(12)14/h2-8,12,16H,9-10H2,1H3/t12-/m0/s1. The first-order valence-electron chi connectivity index (χ1n) is 6.24. The molecule has 3 heteroatoms. The van der Waals surface area contributed by atoms with Gasteiger partial charge in [0.1, 0.15) is 11.5 Å². The number of likely N-dealkylation sites (N-methyl/N-ethyl adjacent to an activating group) is 1. The number of fused-ring (bicyclic) bond motifs is 2. The van der Waals surface area contributed by atoms with Crippen LogP contribution in [-0.4, -0.2) is 18.6 Å². The first-order chi connectivity index (χ1) is 8.88. The lowest BCUT2D eigenvalue weighted by molar-refractivity contribution is 0.474. The number of nitrogens with one attached hydrogen (secondary N) is 1. The highest BCUT2D eigenvalue weighted by molar-refractivity contribution is 5.44. The van der Waals surface area contributed by atoms with Gasteiger partial charge in [-0.2, -0.15) is 0 Å². The third kappa shape index (κ3) is 1.97. The van der Waals surface area contributed by atoms with Crippen LogP contribution in [0.4, 0.5) is 0 Å². The molecule has 0 saturated carbocycles. The molecule has 92 valence electrons. The summed E-state index contributed by atoms with van der Waals surface area (Å²) in [4.78, 5) is 4.50. The zero-order valence-corrected chi connectivity index (χ0v) is 10.4. The van der Waals surface area contributed by atoms with Crippen molar-refractivity contribution in [1.82, 2.24) is 10.3 Å². The molecule has 3 nitrogen and oxygen atoms in total. The normalized spacial score (nSPS) is 17.3. The third-order valence-electron chi connectivity index (χ3n) is 3.30. The Morgan fingerprint density at radius 3 is 2.94 bits per heavy atom. The lowest BCUT2D eigenvalue weighted by Crippen LogP contribution is -2.19. The molecule has 1 aliphatic rings. The van der Waals surface area contributed by atoms with Gasteiger partial charge >= 0.3 is 0 Å². The van der Waals surface area contributed by atoms with Gasteiger partial charge in [0.25, 0.3) is 0 Å². The van der Waals surface area contributed by atoms with Crippen LogP contribution in [0.5, 0.6) is 11.5 Å². The van der Waals surface area contributed by atoms with Crippen LogP contribution in [0.2, 0.25) is 0 Å². The molecule has 1 aromatic heterocycles. The topological polar surface area (TPSA) is 34.1 Å². The lowest BCUT2D eigenvalue weighted by atomic mass is 9.95. The highest BCUT2D eigenvalue weighted by Gasteiger charge is 2.23. The quantitative estimate of drug-likeness (QED) is 0.876. The number of para-hydroxylation sites is 1. The maximum Gasteiger partial charge on any atom is 0.149 e. The third-order valence-corrected chi connectivity index (χ3v) is 3.30. The fourth-order valence-electron chi connectivity index (χ4n) is 2.46. The van der Waals surface area contributed by atoms with E-state index >= 15 is 0 Å². The van der Waals surface area contributed by atoms with Crippen molar-refractivity contribution in [3.8, 4) is 11.5 Å². The summed E-state index contributed by atoms with van der Waals surface area (Å²) in [5.41, 5.74) is 2.29. The Balaban J connectivity index is 2.08. The number of rotatable bonds is 2. The van der Waals surface area contributed by atoms with Gasteiger partial charge in [-0.05, 0) is 37.2 Å². The molecule has 0 radical (unpaired) electrons. The summed E-state index contributed by atoms with van der Waals surface area (Å²) in [6.07, 6.45) is 2.79. The summed E-state index contributed by atoms with van der Waals surface area (Å²) >= 11 is 0. The maximum atomic E-state index is 5.99. The number of ether oxygens (including phenoxy) is 1. The molecule has 0 unspecified atom stereocenters. The average molecular weight is 240 g/mol. The van der Waals surface area contributed by atoms with Crippen LogP contribution in [0, 0.1) is 0 Å². The van der Waals surface area contributed by atoms with Crippen LogP contribution in [0.25, 0.3) is 0 Å². The van der Waals surface area contributed by atoms with Crippen molar-refractivity contribution < 1.29 is 4.74 Å². The van der Waals surface area contributed by atoms with Gasteiger partial charge in [0.15, 0.2) is 0 Å². The number of hydrogen-bond acceptors (Lipinski definition) is 3. The van der Waals surface area contributed by atoms with Gasteiger partial charge in [-0.25, -0.2) is 0 Å². The molecule has 18 heavy (non-hydrogen) atoms. The van der Waals surface area contributed by atoms with E-state index < -0.39 is 0 Å². The Morgan fingerprint density at radius 1 is 1.22 bits per heavy atom. The van der Waals surface area contributed by atoms with Gasteiger partial charge in [0.2, 0.25) is 0 Å². The molecule has 2 heterocycles. The molecule has 0 saturated heterocycles. The van der Waals surface area contributed by atoms with E-state index in [1.54, 1.807) is 0 Å². The van der Waals surface area contributed by atoms with Crippen molar-refractivity contribution in [1.29, 1.82) is 0 Å². The van der Waals surface area contributed by atoms with Gasteiger partial charge in [-0.15, -0.1) is 0 Å². The molecule has 0 spiro atoms. The van der Waals surface area contributed by atoms with E-state index in [4.69, 9.17) is 4.74 Å². The molecule has 1 N–H and O–H groups in total. The summed E-state index contributed by atoms with van der Waals surface area (Å²) in [5, 5.41) is 3.24. The summed E-state index contributed by atoms with van der Waals surface area (Å²) in [6, 6.07) is 12.1. The molecule has 2 aromatic rings. The van der Waals surface area contributed by atoms with Crippen molar-refractivity contribution in [3.63, 3.8) is 0 Å². The Morgan fingerprint density at radius 2 is 2.06 bits per heavy atom. The van der Waals surface area contributed by atoms with Gasteiger partial charge < -0.3 is 10.1 Å². The highest BCUT2D eigenvalue weighted by atomic mass is 16.5. The first-order valence-corrected chi connectivity index (χ1v) is 6.24. The molecular weight excluding hydrogens is 224 g/mol. The largest absolute Gasteiger partial charge is 0.455 e. The second-order valence-corrected chi connectivity index (χ2v) is 4.56. The molecule has 1 aromatic carbocycles. The number of benzene rings is 1. The van der Waals surface area contributed by atoms with E-state index in [-0.39, 0.29) is 0 Å². The lowest BCUT2D eigenvalue weighted by Gasteiger charge is -2.14. The molecule has 0 fully saturated rings. The average Bonchev–Trinajstić information content (AvgIpc) is 2.56. The smallest absolute Gasteiger partial charge is 0.149 e. The zero-order valence-electron chi connectivity index (χ0n) is 10.4. The Bertz CT molecular complexity index is 554. The summed E-state index contributed by atoms with van der Waals surface area (Å²) in [7, 11) is 1.97. The predicted molar refractivity (Wildman–Crippen MR) is 71.1 cm³/mol. The van der Waals surface area contributed by atoms with Crippen LogP contribution < -0.4 is 10.1 Å². The second-order valence-electron chi connectivity index (χ2n) is 4.56. The monoisotopic (exact) mass is 240 g/mol. The van der Waals surface area contributed by atoms with Crippen molar-refractivity contribution in [2.24, 2.45) is 0 Å². The van der Waals surface area contributed by atoms with Gasteiger partial charge in [0.05, 0.1) is 5.69 Å². The summed E-state index contributed by atoms with van der Waals surface area (Å²) in [5.74, 6) is 2.18. The number of nitrogens with zero attached hydrogens (tertiary/aromatic N) is 1. The van der Waals surface area contributed by atoms with Crippen LogP contribution in [-0.2, 0) is 6.42 Å². The minimum Gasteiger partial charge on any atom is -0.455 e. The molecule has 1 aliphatic heterocycles. The SMILES string of the molecule is CNC[C@@H]1Cc2ccccc2Oc2cccnc21. The fourth-order valence-corrected chi connectivity index (χ4v) is 2.46. The number of aromatic nitrogens is 1. The predicted octanol–water partition coefficient (Wildman–Crippen LogP) is 2.73. The van der Waals surface area contributed by atoms with Crippen molar-refractivity contribution in [2.45, 2.75) is 12.3 Å². The fraction of sp³-hybridized carbons (Fsp3) is 0.267. The molecule has 0 bridgehead atoms. The molecule has 0 aliphatic carbocycles. The zero-order chi connectivity index (χ0) is 12.4. The number of hydrogen-bond donors (Lipinski definition) is 1. The van der Waals surface area contributed by atoms with E-state index in [0.29, 0.717) is 5.92 Å². The van der Waals surface area contributed by atoms with E-state index in [1.807, 2.05) is 37.5 Å². The minimum atomic E-state index is 0.356. The van der Waals surface area contributed by atoms with Gasteiger partial charge in [-0.1, -0.05) is 18.2 Å². The minimum absolute atomic E-state index is 0.356. The van der Waals surface area contributed by atoms with Crippen LogP contribution >= 0.6 is 0 Å². The van der Waals surface area contributed by atoms with Gasteiger partial charge in [0, 0.05) is 18.7 Å². The molecule has 1 atom stereocenters. The first kappa shape index (κ1) is 11.2. The van der Waals surface area contributed by atoms with E-state index in [0.717, 1.165) is 30.2 Å².